The van der Waals surface area contributed by atoms with Crippen LogP contribution in [0.1, 0.15) is 39.4 Å². The summed E-state index contributed by atoms with van der Waals surface area (Å²) in [6.45, 7) is 2.57. The maximum absolute atomic E-state index is 12.7. The van der Waals surface area contributed by atoms with Crippen molar-refractivity contribution in [1.29, 1.82) is 0 Å². The fourth-order valence-corrected chi connectivity index (χ4v) is 2.90. The highest BCUT2D eigenvalue weighted by atomic mass is 16.4. The van der Waals surface area contributed by atoms with Crippen LogP contribution in [0.3, 0.4) is 0 Å². The predicted molar refractivity (Wildman–Crippen MR) is 95.2 cm³/mol. The molecule has 3 rings (SSSR count). The van der Waals surface area contributed by atoms with Crippen molar-refractivity contribution in [1.82, 2.24) is 10.3 Å². The Kier molecular flexibility index (Phi) is 4.97. The lowest BCUT2D eigenvalue weighted by atomic mass is 10.0. The largest absolute Gasteiger partial charge is 0.477 e. The lowest BCUT2D eigenvalue weighted by Crippen LogP contribution is -2.52. The molecule has 1 aliphatic heterocycles. The molecule has 1 aromatic carbocycles. The number of carbonyl (C=O) groups excluding carboxylic acids is 2. The molecular weight excluding hydrogens is 334 g/mol. The molecule has 2 N–H and O–H groups in total. The smallest absolute Gasteiger partial charge is 0.354 e. The number of piperidine rings is 1. The molecule has 2 heterocycles. The number of nitrogens with zero attached hydrogens (tertiary/aromatic N) is 2. The summed E-state index contributed by atoms with van der Waals surface area (Å²) in [4.78, 5) is 41.6. The first kappa shape index (κ1) is 17.6. The number of aromatic carboxylic acids is 1. The van der Waals surface area contributed by atoms with Gasteiger partial charge in [0.15, 0.2) is 0 Å². The molecule has 1 fully saturated rings. The quantitative estimate of drug-likeness (QED) is 0.876. The van der Waals surface area contributed by atoms with E-state index in [0.29, 0.717) is 13.0 Å². The van der Waals surface area contributed by atoms with Crippen molar-refractivity contribution in [2.24, 2.45) is 0 Å². The molecule has 1 aromatic heterocycles. The number of amides is 2. The van der Waals surface area contributed by atoms with Crippen LogP contribution in [-0.2, 0) is 4.79 Å². The third-order valence-electron chi connectivity index (χ3n) is 4.29. The Hall–Kier alpha value is -3.22. The second-order valence-corrected chi connectivity index (χ2v) is 6.21. The Balaban J connectivity index is 1.74. The van der Waals surface area contributed by atoms with Gasteiger partial charge in [-0.3, -0.25) is 9.59 Å². The van der Waals surface area contributed by atoms with E-state index in [-0.39, 0.29) is 17.3 Å². The zero-order valence-electron chi connectivity index (χ0n) is 14.3. The van der Waals surface area contributed by atoms with Crippen molar-refractivity contribution < 1.29 is 19.5 Å². The van der Waals surface area contributed by atoms with Gasteiger partial charge in [-0.25, -0.2) is 9.78 Å². The number of anilines is 1. The molecule has 0 radical (unpaired) electrons. The maximum atomic E-state index is 12.7. The van der Waals surface area contributed by atoms with Gasteiger partial charge in [0.2, 0.25) is 5.91 Å². The van der Waals surface area contributed by atoms with Crippen LogP contribution in [0.25, 0.3) is 0 Å². The maximum Gasteiger partial charge on any atom is 0.354 e. The van der Waals surface area contributed by atoms with Gasteiger partial charge in [0.1, 0.15) is 17.4 Å². The lowest BCUT2D eigenvalue weighted by molar-refractivity contribution is -0.121. The molecule has 2 amide bonds. The van der Waals surface area contributed by atoms with E-state index >= 15 is 0 Å². The number of benzene rings is 1. The van der Waals surface area contributed by atoms with Gasteiger partial charge < -0.3 is 15.3 Å². The molecule has 1 unspecified atom stereocenters. The summed E-state index contributed by atoms with van der Waals surface area (Å²) in [5, 5.41) is 11.7. The van der Waals surface area contributed by atoms with E-state index in [9.17, 15) is 14.4 Å². The highest BCUT2D eigenvalue weighted by Crippen LogP contribution is 2.21. The summed E-state index contributed by atoms with van der Waals surface area (Å²) in [6, 6.07) is 11.2. The van der Waals surface area contributed by atoms with Gasteiger partial charge in [0, 0.05) is 12.2 Å². The standard InChI is InChI=1S/C19H19N3O4/c1-12-7-9-13(10-8-12)22-11-3-6-15(18(22)24)21-17(23)14-4-2-5-16(20-14)19(25)26/h2,4-5,7-10,15H,3,6,11H2,1H3,(H,21,23)(H,25,26). The number of nitrogens with one attached hydrogen (secondary N) is 1. The first-order chi connectivity index (χ1) is 12.5. The van der Waals surface area contributed by atoms with Gasteiger partial charge >= 0.3 is 5.97 Å². The van der Waals surface area contributed by atoms with E-state index in [1.807, 2.05) is 31.2 Å². The van der Waals surface area contributed by atoms with Crippen LogP contribution in [0.4, 0.5) is 5.69 Å². The second kappa shape index (κ2) is 7.35. The van der Waals surface area contributed by atoms with E-state index in [2.05, 4.69) is 10.3 Å². The van der Waals surface area contributed by atoms with Crippen LogP contribution in [0.15, 0.2) is 42.5 Å². The Labute approximate surface area is 150 Å². The first-order valence-electron chi connectivity index (χ1n) is 8.35. The van der Waals surface area contributed by atoms with E-state index in [1.54, 1.807) is 4.90 Å². The zero-order valence-corrected chi connectivity index (χ0v) is 14.3. The van der Waals surface area contributed by atoms with Crippen molar-refractivity contribution in [2.75, 3.05) is 11.4 Å². The summed E-state index contributed by atoms with van der Waals surface area (Å²) in [5.41, 5.74) is 1.66. The minimum atomic E-state index is -1.21. The molecule has 7 heteroatoms. The molecule has 2 aromatic rings. The molecule has 134 valence electrons. The van der Waals surface area contributed by atoms with Crippen molar-refractivity contribution in [2.45, 2.75) is 25.8 Å². The number of hydrogen-bond donors (Lipinski definition) is 2. The minimum absolute atomic E-state index is 0.0230. The topological polar surface area (TPSA) is 99.6 Å². The zero-order chi connectivity index (χ0) is 18.7. The molecule has 0 bridgehead atoms. The average molecular weight is 353 g/mol. The van der Waals surface area contributed by atoms with Gasteiger partial charge in [-0.15, -0.1) is 0 Å². The van der Waals surface area contributed by atoms with Gasteiger partial charge in [0.05, 0.1) is 0 Å². The van der Waals surface area contributed by atoms with Crippen LogP contribution in [0, 0.1) is 6.92 Å². The van der Waals surface area contributed by atoms with Gasteiger partial charge in [-0.2, -0.15) is 0 Å². The third kappa shape index (κ3) is 3.72. The fraction of sp³-hybridized carbons (Fsp3) is 0.263. The molecule has 0 spiro atoms. The molecule has 1 saturated heterocycles. The minimum Gasteiger partial charge on any atom is -0.477 e. The highest BCUT2D eigenvalue weighted by molar-refractivity contribution is 6.02. The normalized spacial score (nSPS) is 17.0. The summed E-state index contributed by atoms with van der Waals surface area (Å²) < 4.78 is 0. The van der Waals surface area contributed by atoms with Crippen LogP contribution in [0.5, 0.6) is 0 Å². The van der Waals surface area contributed by atoms with Gasteiger partial charge in [-0.1, -0.05) is 23.8 Å². The first-order valence-corrected chi connectivity index (χ1v) is 8.35. The van der Waals surface area contributed by atoms with Crippen LogP contribution >= 0.6 is 0 Å². The third-order valence-corrected chi connectivity index (χ3v) is 4.29. The summed E-state index contributed by atoms with van der Waals surface area (Å²) in [5.74, 6) is -1.95. The van der Waals surface area contributed by atoms with Crippen LogP contribution in [-0.4, -0.2) is 40.5 Å². The van der Waals surface area contributed by atoms with Gasteiger partial charge in [-0.05, 0) is 44.0 Å². The fourth-order valence-electron chi connectivity index (χ4n) is 2.90. The molecular formula is C19H19N3O4. The highest BCUT2D eigenvalue weighted by Gasteiger charge is 2.31. The second-order valence-electron chi connectivity index (χ2n) is 6.21. The van der Waals surface area contributed by atoms with Gasteiger partial charge in [0.25, 0.3) is 5.91 Å². The monoisotopic (exact) mass is 353 g/mol. The SMILES string of the molecule is Cc1ccc(N2CCCC(NC(=O)c3cccc(C(=O)O)n3)C2=O)cc1. The Bertz CT molecular complexity index is 848. The van der Waals surface area contributed by atoms with E-state index < -0.39 is 17.9 Å². The summed E-state index contributed by atoms with van der Waals surface area (Å²) >= 11 is 0. The molecule has 26 heavy (non-hydrogen) atoms. The molecule has 0 saturated carbocycles. The van der Waals surface area contributed by atoms with Crippen molar-refractivity contribution in [3.63, 3.8) is 0 Å². The number of carboxylic acid groups (broad SMARTS) is 1. The average Bonchev–Trinajstić information content (AvgIpc) is 2.64. The Morgan fingerprint density at radius 3 is 2.54 bits per heavy atom. The molecule has 7 nitrogen and oxygen atoms in total. The number of carboxylic acids is 1. The summed E-state index contributed by atoms with van der Waals surface area (Å²) in [7, 11) is 0. The number of rotatable bonds is 4. The van der Waals surface area contributed by atoms with E-state index in [4.69, 9.17) is 5.11 Å². The van der Waals surface area contributed by atoms with E-state index in [1.165, 1.54) is 18.2 Å². The number of hydrogen-bond acceptors (Lipinski definition) is 4. The number of carbonyl (C=O) groups is 3. The van der Waals surface area contributed by atoms with Crippen LogP contribution < -0.4 is 10.2 Å². The predicted octanol–water partition coefficient (Wildman–Crippen LogP) is 2.01. The lowest BCUT2D eigenvalue weighted by Gasteiger charge is -2.32. The van der Waals surface area contributed by atoms with E-state index in [0.717, 1.165) is 17.7 Å². The van der Waals surface area contributed by atoms with Crippen molar-refractivity contribution in [3.05, 3.63) is 59.4 Å². The number of aromatic nitrogens is 1. The molecule has 0 aliphatic carbocycles. The van der Waals surface area contributed by atoms with Crippen molar-refractivity contribution in [3.8, 4) is 0 Å². The van der Waals surface area contributed by atoms with Crippen molar-refractivity contribution >= 4 is 23.5 Å². The molecule has 1 aliphatic rings. The Morgan fingerprint density at radius 1 is 1.15 bits per heavy atom. The summed E-state index contributed by atoms with van der Waals surface area (Å²) in [6.07, 6.45) is 1.29. The van der Waals surface area contributed by atoms with Crippen LogP contribution in [0.2, 0.25) is 0 Å². The molecule has 1 atom stereocenters. The number of aryl methyl sites for hydroxylation is 1. The number of pyridine rings is 1. The Morgan fingerprint density at radius 2 is 1.85 bits per heavy atom.